The van der Waals surface area contributed by atoms with Crippen LogP contribution in [0.4, 0.5) is 0 Å². The molecule has 1 aromatic carbocycles. The van der Waals surface area contributed by atoms with Crippen LogP contribution >= 0.6 is 0 Å². The number of benzene rings is 1. The minimum absolute atomic E-state index is 0.0365. The third-order valence-electron chi connectivity index (χ3n) is 3.45. The van der Waals surface area contributed by atoms with E-state index in [1.807, 2.05) is 0 Å². The Morgan fingerprint density at radius 3 is 3.00 bits per heavy atom. The molecule has 6 heteroatoms. The molecule has 1 saturated carbocycles. The Kier molecular flexibility index (Phi) is 2.27. The highest BCUT2D eigenvalue weighted by atomic mass is 16.4. The van der Waals surface area contributed by atoms with Crippen LogP contribution in [0.3, 0.4) is 0 Å². The van der Waals surface area contributed by atoms with Crippen molar-refractivity contribution < 1.29 is 14.3 Å². The smallest absolute Gasteiger partial charge is 0.417 e. The van der Waals surface area contributed by atoms with Crippen molar-refractivity contribution in [2.24, 2.45) is 17.6 Å². The Morgan fingerprint density at radius 2 is 2.33 bits per heavy atom. The van der Waals surface area contributed by atoms with Gasteiger partial charge in [0.15, 0.2) is 5.58 Å². The Morgan fingerprint density at radius 1 is 1.56 bits per heavy atom. The minimum atomic E-state index is -0.801. The maximum atomic E-state index is 11.0. The van der Waals surface area contributed by atoms with Gasteiger partial charge < -0.3 is 15.3 Å². The van der Waals surface area contributed by atoms with Gasteiger partial charge in [-0.1, -0.05) is 6.07 Å². The summed E-state index contributed by atoms with van der Waals surface area (Å²) in [5.41, 5.74) is 7.88. The van der Waals surface area contributed by atoms with E-state index in [0.29, 0.717) is 17.5 Å². The number of hydrogen-bond donors (Lipinski definition) is 3. The molecular weight excluding hydrogens is 236 g/mol. The third-order valence-corrected chi connectivity index (χ3v) is 3.45. The fourth-order valence-corrected chi connectivity index (χ4v) is 2.31. The first-order valence-corrected chi connectivity index (χ1v) is 5.67. The molecule has 1 aliphatic carbocycles. The Labute approximate surface area is 101 Å². The van der Waals surface area contributed by atoms with Crippen molar-refractivity contribution in [2.75, 3.05) is 0 Å². The summed E-state index contributed by atoms with van der Waals surface area (Å²) < 4.78 is 4.95. The van der Waals surface area contributed by atoms with Crippen molar-refractivity contribution in [2.45, 2.75) is 12.5 Å². The van der Waals surface area contributed by atoms with E-state index >= 15 is 0 Å². The second kappa shape index (κ2) is 3.71. The van der Waals surface area contributed by atoms with Crippen molar-refractivity contribution >= 4 is 17.1 Å². The molecule has 0 bridgehead atoms. The molecule has 18 heavy (non-hydrogen) atoms. The van der Waals surface area contributed by atoms with Gasteiger partial charge in [0.2, 0.25) is 0 Å². The highest BCUT2D eigenvalue weighted by Gasteiger charge is 2.47. The lowest BCUT2D eigenvalue weighted by atomic mass is 10.0. The van der Waals surface area contributed by atoms with Crippen molar-refractivity contribution in [3.8, 4) is 0 Å². The maximum Gasteiger partial charge on any atom is 0.417 e. The predicted octanol–water partition coefficient (Wildman–Crippen LogP) is 0.842. The molecule has 2 aromatic rings. The van der Waals surface area contributed by atoms with Gasteiger partial charge in [-0.25, -0.2) is 4.79 Å². The molecule has 0 saturated heterocycles. The maximum absolute atomic E-state index is 11.0. The molecule has 3 unspecified atom stereocenters. The molecule has 1 fully saturated rings. The van der Waals surface area contributed by atoms with Gasteiger partial charge in [-0.2, -0.15) is 0 Å². The van der Waals surface area contributed by atoms with Crippen LogP contribution in [0.5, 0.6) is 0 Å². The normalized spacial score (nSPS) is 24.1. The van der Waals surface area contributed by atoms with E-state index in [2.05, 4.69) is 4.98 Å². The van der Waals surface area contributed by atoms with E-state index in [4.69, 9.17) is 15.3 Å². The molecule has 1 aliphatic rings. The zero-order valence-electron chi connectivity index (χ0n) is 9.42. The standard InChI is InChI=1S/C12H12N2O4/c13-10(6-4-7(6)11(15)16)5-1-2-8-9(3-5)18-12(17)14-8/h1-3,6-7,10H,4,13H2,(H,14,17)(H,15,16). The number of aliphatic carboxylic acids is 1. The molecule has 0 amide bonds. The number of carbonyl (C=O) groups is 1. The number of hydrogen-bond acceptors (Lipinski definition) is 4. The summed E-state index contributed by atoms with van der Waals surface area (Å²) in [5.74, 6) is -1.70. The number of nitrogens with two attached hydrogens (primary N) is 1. The molecule has 4 N–H and O–H groups in total. The number of H-pyrrole nitrogens is 1. The van der Waals surface area contributed by atoms with E-state index in [1.54, 1.807) is 18.2 Å². The molecule has 0 radical (unpaired) electrons. The zero-order valence-corrected chi connectivity index (χ0v) is 9.42. The minimum Gasteiger partial charge on any atom is -0.481 e. The van der Waals surface area contributed by atoms with E-state index in [9.17, 15) is 9.59 Å². The summed E-state index contributed by atoms with van der Waals surface area (Å²) in [5, 5.41) is 8.87. The average molecular weight is 248 g/mol. The largest absolute Gasteiger partial charge is 0.481 e. The molecule has 3 rings (SSSR count). The monoisotopic (exact) mass is 248 g/mol. The quantitative estimate of drug-likeness (QED) is 0.745. The lowest BCUT2D eigenvalue weighted by Gasteiger charge is -2.10. The van der Waals surface area contributed by atoms with Crippen LogP contribution in [0.2, 0.25) is 0 Å². The fourth-order valence-electron chi connectivity index (χ4n) is 2.31. The van der Waals surface area contributed by atoms with Gasteiger partial charge in [-0.15, -0.1) is 0 Å². The number of rotatable bonds is 3. The number of fused-ring (bicyclic) bond motifs is 1. The number of carboxylic acids is 1. The van der Waals surface area contributed by atoms with E-state index in [-0.39, 0.29) is 17.9 Å². The van der Waals surface area contributed by atoms with Gasteiger partial charge in [0.05, 0.1) is 11.4 Å². The van der Waals surface area contributed by atoms with Crippen LogP contribution in [0.25, 0.3) is 11.1 Å². The van der Waals surface area contributed by atoms with E-state index in [0.717, 1.165) is 5.56 Å². The summed E-state index contributed by atoms with van der Waals surface area (Å²) in [7, 11) is 0. The third kappa shape index (κ3) is 1.70. The SMILES string of the molecule is NC(c1ccc2[nH]c(=O)oc2c1)C1CC1C(=O)O. The molecule has 94 valence electrons. The topological polar surface area (TPSA) is 109 Å². The number of nitrogens with one attached hydrogen (secondary N) is 1. The Balaban J connectivity index is 1.90. The molecule has 1 aromatic heterocycles. The number of oxazole rings is 1. The van der Waals surface area contributed by atoms with Gasteiger partial charge in [0.25, 0.3) is 0 Å². The first-order chi connectivity index (χ1) is 8.56. The molecule has 1 heterocycles. The summed E-state index contributed by atoms with van der Waals surface area (Å²) >= 11 is 0. The number of aromatic nitrogens is 1. The van der Waals surface area contributed by atoms with Gasteiger partial charge in [-0.05, 0) is 30.0 Å². The lowest BCUT2D eigenvalue weighted by Crippen LogP contribution is -2.15. The van der Waals surface area contributed by atoms with Crippen LogP contribution in [0, 0.1) is 11.8 Å². The van der Waals surface area contributed by atoms with Crippen molar-refractivity contribution in [1.82, 2.24) is 4.98 Å². The van der Waals surface area contributed by atoms with Crippen LogP contribution in [0.15, 0.2) is 27.4 Å². The second-order valence-electron chi connectivity index (χ2n) is 4.64. The van der Waals surface area contributed by atoms with Crippen LogP contribution in [-0.4, -0.2) is 16.1 Å². The number of carboxylic acid groups (broad SMARTS) is 1. The highest BCUT2D eigenvalue weighted by molar-refractivity contribution is 5.75. The molecule has 6 nitrogen and oxygen atoms in total. The molecular formula is C12H12N2O4. The zero-order chi connectivity index (χ0) is 12.9. The predicted molar refractivity (Wildman–Crippen MR) is 63.0 cm³/mol. The van der Waals surface area contributed by atoms with Gasteiger partial charge in [0, 0.05) is 6.04 Å². The summed E-state index contributed by atoms with van der Waals surface area (Å²) in [6, 6.07) is 4.86. The van der Waals surface area contributed by atoms with E-state index in [1.165, 1.54) is 0 Å². The van der Waals surface area contributed by atoms with Crippen LogP contribution in [-0.2, 0) is 4.79 Å². The summed E-state index contributed by atoms with van der Waals surface area (Å²) in [4.78, 5) is 24.4. The lowest BCUT2D eigenvalue weighted by molar-refractivity contribution is -0.138. The van der Waals surface area contributed by atoms with Crippen LogP contribution < -0.4 is 11.5 Å². The number of aromatic amines is 1. The van der Waals surface area contributed by atoms with E-state index < -0.39 is 11.7 Å². The van der Waals surface area contributed by atoms with Gasteiger partial charge in [0.1, 0.15) is 0 Å². The van der Waals surface area contributed by atoms with Crippen molar-refractivity contribution in [3.63, 3.8) is 0 Å². The van der Waals surface area contributed by atoms with Gasteiger partial charge in [-0.3, -0.25) is 9.78 Å². The van der Waals surface area contributed by atoms with Crippen LogP contribution in [0.1, 0.15) is 18.0 Å². The molecule has 0 spiro atoms. The second-order valence-corrected chi connectivity index (χ2v) is 4.64. The average Bonchev–Trinajstić information content (AvgIpc) is 3.03. The first-order valence-electron chi connectivity index (χ1n) is 5.67. The summed E-state index contributed by atoms with van der Waals surface area (Å²) in [6.45, 7) is 0. The molecule has 0 aliphatic heterocycles. The highest BCUT2D eigenvalue weighted by Crippen LogP contribution is 2.46. The van der Waals surface area contributed by atoms with Crippen molar-refractivity contribution in [1.29, 1.82) is 0 Å². The fraction of sp³-hybridized carbons (Fsp3) is 0.333. The summed E-state index contributed by atoms with van der Waals surface area (Å²) in [6.07, 6.45) is 0.603. The Hall–Kier alpha value is -2.08. The Bertz CT molecular complexity index is 672. The van der Waals surface area contributed by atoms with Crippen molar-refractivity contribution in [3.05, 3.63) is 34.3 Å². The molecule has 3 atom stereocenters. The first kappa shape index (κ1) is 11.0. The van der Waals surface area contributed by atoms with Gasteiger partial charge >= 0.3 is 11.7 Å².